The normalized spacial score (nSPS) is 12.2. The van der Waals surface area contributed by atoms with Gasteiger partial charge in [0.25, 0.3) is 0 Å². The van der Waals surface area contributed by atoms with Crippen molar-refractivity contribution in [1.29, 1.82) is 0 Å². The Kier molecular flexibility index (Phi) is 5.70. The second-order valence-corrected chi connectivity index (χ2v) is 5.35. The highest BCUT2D eigenvalue weighted by molar-refractivity contribution is 9.10. The summed E-state index contributed by atoms with van der Waals surface area (Å²) in [6.07, 6.45) is 0. The highest BCUT2D eigenvalue weighted by atomic mass is 79.9. The number of ether oxygens (including phenoxy) is 1. The van der Waals surface area contributed by atoms with Gasteiger partial charge in [-0.15, -0.1) is 0 Å². The molecule has 2 aromatic carbocycles. The molecule has 1 atom stereocenters. The summed E-state index contributed by atoms with van der Waals surface area (Å²) in [7, 11) is 0. The maximum atomic E-state index is 14.2. The van der Waals surface area contributed by atoms with Crippen molar-refractivity contribution >= 4 is 15.9 Å². The average Bonchev–Trinajstić information content (AvgIpc) is 2.50. The maximum Gasteiger partial charge on any atom is 0.145 e. The van der Waals surface area contributed by atoms with Crippen LogP contribution < -0.4 is 10.1 Å². The Morgan fingerprint density at radius 3 is 2.52 bits per heavy atom. The first-order chi connectivity index (χ1) is 10.1. The number of halogens is 3. The number of benzene rings is 2. The fraction of sp³-hybridized carbons (Fsp3) is 0.250. The molecule has 2 aromatic rings. The van der Waals surface area contributed by atoms with Crippen LogP contribution >= 0.6 is 15.9 Å². The first kappa shape index (κ1) is 15.9. The molecule has 0 bridgehead atoms. The lowest BCUT2D eigenvalue weighted by Crippen LogP contribution is -2.28. The predicted octanol–water partition coefficient (Wildman–Crippen LogP) is 4.46. The van der Waals surface area contributed by atoms with Crippen molar-refractivity contribution in [3.63, 3.8) is 0 Å². The Balaban J connectivity index is 2.21. The third-order valence-electron chi connectivity index (χ3n) is 3.04. The molecule has 0 aromatic heterocycles. The summed E-state index contributed by atoms with van der Waals surface area (Å²) in [5, 5.41) is 3.05. The van der Waals surface area contributed by atoms with Gasteiger partial charge < -0.3 is 10.1 Å². The minimum Gasteiger partial charge on any atom is -0.492 e. The van der Waals surface area contributed by atoms with Crippen molar-refractivity contribution in [1.82, 2.24) is 5.32 Å². The molecule has 0 aliphatic heterocycles. The van der Waals surface area contributed by atoms with E-state index in [2.05, 4.69) is 21.2 Å². The van der Waals surface area contributed by atoms with E-state index in [4.69, 9.17) is 4.74 Å². The first-order valence-electron chi connectivity index (χ1n) is 6.68. The van der Waals surface area contributed by atoms with Crippen LogP contribution in [0.4, 0.5) is 8.78 Å². The van der Waals surface area contributed by atoms with Crippen molar-refractivity contribution in [2.75, 3.05) is 13.2 Å². The van der Waals surface area contributed by atoms with Crippen LogP contribution in [0.5, 0.6) is 5.75 Å². The van der Waals surface area contributed by atoms with Crippen LogP contribution in [0, 0.1) is 11.6 Å². The summed E-state index contributed by atoms with van der Waals surface area (Å²) in [5.41, 5.74) is -0.0119. The van der Waals surface area contributed by atoms with Gasteiger partial charge in [0, 0.05) is 5.56 Å². The Morgan fingerprint density at radius 2 is 1.86 bits per heavy atom. The second-order valence-electron chi connectivity index (χ2n) is 4.49. The number of para-hydroxylation sites is 1. The lowest BCUT2D eigenvalue weighted by atomic mass is 10.1. The highest BCUT2D eigenvalue weighted by Crippen LogP contribution is 2.27. The summed E-state index contributed by atoms with van der Waals surface area (Å²) in [6.45, 7) is 2.60. The first-order valence-corrected chi connectivity index (χ1v) is 7.47. The summed E-state index contributed by atoms with van der Waals surface area (Å²) in [4.78, 5) is 0. The third-order valence-corrected chi connectivity index (χ3v) is 3.65. The Morgan fingerprint density at radius 1 is 1.14 bits per heavy atom. The van der Waals surface area contributed by atoms with Crippen molar-refractivity contribution in [2.45, 2.75) is 13.0 Å². The van der Waals surface area contributed by atoms with Crippen LogP contribution in [-0.2, 0) is 0 Å². The lowest BCUT2D eigenvalue weighted by molar-refractivity contribution is 0.261. The predicted molar refractivity (Wildman–Crippen MR) is 82.4 cm³/mol. The van der Waals surface area contributed by atoms with Gasteiger partial charge in [0.1, 0.15) is 24.0 Å². The third kappa shape index (κ3) is 4.02. The second kappa shape index (κ2) is 7.52. The van der Waals surface area contributed by atoms with E-state index in [0.717, 1.165) is 0 Å². The molecular weight excluding hydrogens is 340 g/mol. The molecule has 112 valence electrons. The standard InChI is InChI=1S/C16H16BrF2NO/c1-2-20-14(10-21-11-6-4-3-5-7-11)15-13(18)9-8-12(17)16(15)19/h3-9,14,20H,2,10H2,1H3. The number of rotatable bonds is 6. The number of hydrogen-bond acceptors (Lipinski definition) is 2. The molecule has 0 radical (unpaired) electrons. The zero-order valence-electron chi connectivity index (χ0n) is 11.6. The quantitative estimate of drug-likeness (QED) is 0.772. The molecule has 0 spiro atoms. The molecule has 0 saturated carbocycles. The Labute approximate surface area is 131 Å². The maximum absolute atomic E-state index is 14.2. The van der Waals surface area contributed by atoms with Crippen molar-refractivity contribution < 1.29 is 13.5 Å². The van der Waals surface area contributed by atoms with Gasteiger partial charge in [-0.2, -0.15) is 0 Å². The molecule has 2 nitrogen and oxygen atoms in total. The van der Waals surface area contributed by atoms with E-state index < -0.39 is 17.7 Å². The molecule has 0 fully saturated rings. The van der Waals surface area contributed by atoms with Gasteiger partial charge in [0.2, 0.25) is 0 Å². The van der Waals surface area contributed by atoms with Crippen LogP contribution in [0.1, 0.15) is 18.5 Å². The monoisotopic (exact) mass is 355 g/mol. The van der Waals surface area contributed by atoms with Gasteiger partial charge in [-0.05, 0) is 46.7 Å². The smallest absolute Gasteiger partial charge is 0.145 e. The summed E-state index contributed by atoms with van der Waals surface area (Å²) in [6, 6.07) is 11.2. The van der Waals surface area contributed by atoms with Gasteiger partial charge in [-0.3, -0.25) is 0 Å². The molecule has 1 N–H and O–H groups in total. The molecule has 5 heteroatoms. The summed E-state index contributed by atoms with van der Waals surface area (Å²) >= 11 is 3.09. The zero-order valence-corrected chi connectivity index (χ0v) is 13.2. The van der Waals surface area contributed by atoms with Gasteiger partial charge in [0.05, 0.1) is 10.5 Å². The minimum absolute atomic E-state index is 0.0119. The zero-order chi connectivity index (χ0) is 15.2. The largest absolute Gasteiger partial charge is 0.492 e. The van der Waals surface area contributed by atoms with Crippen LogP contribution in [0.25, 0.3) is 0 Å². The fourth-order valence-corrected chi connectivity index (χ4v) is 2.39. The van der Waals surface area contributed by atoms with E-state index >= 15 is 0 Å². The van der Waals surface area contributed by atoms with Crippen molar-refractivity contribution in [2.24, 2.45) is 0 Å². The van der Waals surface area contributed by atoms with Crippen LogP contribution in [0.3, 0.4) is 0 Å². The van der Waals surface area contributed by atoms with Crippen molar-refractivity contribution in [3.8, 4) is 5.75 Å². The molecule has 0 saturated heterocycles. The summed E-state index contributed by atoms with van der Waals surface area (Å²) in [5.74, 6) is -0.521. The molecule has 0 aliphatic rings. The molecule has 1 unspecified atom stereocenters. The van der Waals surface area contributed by atoms with E-state index in [-0.39, 0.29) is 16.6 Å². The highest BCUT2D eigenvalue weighted by Gasteiger charge is 2.22. The van der Waals surface area contributed by atoms with E-state index in [1.807, 2.05) is 25.1 Å². The number of nitrogens with one attached hydrogen (secondary N) is 1. The molecule has 0 amide bonds. The SMILES string of the molecule is CCNC(COc1ccccc1)c1c(F)ccc(Br)c1F. The topological polar surface area (TPSA) is 21.3 Å². The van der Waals surface area contributed by atoms with Crippen LogP contribution in [0.2, 0.25) is 0 Å². The number of likely N-dealkylation sites (N-methyl/N-ethyl adjacent to an activating group) is 1. The van der Waals surface area contributed by atoms with Gasteiger partial charge in [-0.25, -0.2) is 8.78 Å². The molecule has 21 heavy (non-hydrogen) atoms. The summed E-state index contributed by atoms with van der Waals surface area (Å²) < 4.78 is 34.0. The van der Waals surface area contributed by atoms with E-state index in [0.29, 0.717) is 12.3 Å². The van der Waals surface area contributed by atoms with E-state index in [1.54, 1.807) is 12.1 Å². The van der Waals surface area contributed by atoms with Crippen LogP contribution in [0.15, 0.2) is 46.9 Å². The number of hydrogen-bond donors (Lipinski definition) is 1. The average molecular weight is 356 g/mol. The molecule has 2 rings (SSSR count). The molecule has 0 heterocycles. The lowest BCUT2D eigenvalue weighted by Gasteiger charge is -2.20. The Bertz CT molecular complexity index is 592. The molecular formula is C16H16BrF2NO. The van der Waals surface area contributed by atoms with Crippen molar-refractivity contribution in [3.05, 3.63) is 64.1 Å². The van der Waals surface area contributed by atoms with E-state index in [1.165, 1.54) is 12.1 Å². The Hall–Kier alpha value is -1.46. The van der Waals surface area contributed by atoms with E-state index in [9.17, 15) is 8.78 Å². The fourth-order valence-electron chi connectivity index (χ4n) is 2.05. The minimum atomic E-state index is -0.599. The van der Waals surface area contributed by atoms with Gasteiger partial charge >= 0.3 is 0 Å². The molecule has 0 aliphatic carbocycles. The van der Waals surface area contributed by atoms with Crippen LogP contribution in [-0.4, -0.2) is 13.2 Å². The van der Waals surface area contributed by atoms with Gasteiger partial charge in [0.15, 0.2) is 0 Å². The van der Waals surface area contributed by atoms with Gasteiger partial charge in [-0.1, -0.05) is 25.1 Å².